The molecule has 0 amide bonds. The van der Waals surface area contributed by atoms with Gasteiger partial charge in [0, 0.05) is 37.5 Å². The Kier molecular flexibility index (Phi) is 21.3. The first kappa shape index (κ1) is 18.9. The molecular formula is C10H11ClFePd-6. The number of rotatable bonds is 0. The van der Waals surface area contributed by atoms with Crippen LogP contribution in [0.15, 0.2) is 60.7 Å². The predicted molar refractivity (Wildman–Crippen MR) is 51.3 cm³/mol. The quantitative estimate of drug-likeness (QED) is 0.514. The Morgan fingerprint density at radius 2 is 1.00 bits per heavy atom. The summed E-state index contributed by atoms with van der Waals surface area (Å²) in [6, 6.07) is 20.0. The molecular weight excluding hydrogens is 318 g/mol. The van der Waals surface area contributed by atoms with E-state index in [0.717, 1.165) is 0 Å². The van der Waals surface area contributed by atoms with Crippen LogP contribution in [0.4, 0.5) is 0 Å². The van der Waals surface area contributed by atoms with Crippen molar-refractivity contribution in [2.75, 3.05) is 0 Å². The summed E-state index contributed by atoms with van der Waals surface area (Å²) in [6.07, 6.45) is 0. The molecule has 0 atom stereocenters. The van der Waals surface area contributed by atoms with Crippen LogP contribution in [0.1, 0.15) is 0 Å². The van der Waals surface area contributed by atoms with Gasteiger partial charge in [0.1, 0.15) is 0 Å². The molecule has 2 aromatic rings. The maximum atomic E-state index is 2.00. The molecule has 0 unspecified atom stereocenters. The minimum absolute atomic E-state index is 0. The summed E-state index contributed by atoms with van der Waals surface area (Å²) in [7, 11) is 0. The van der Waals surface area contributed by atoms with Crippen LogP contribution in [0, 0.1) is 0 Å². The average Bonchev–Trinajstić information content (AvgIpc) is 2.67. The normalized spacial score (nSPS) is 6.15. The fourth-order valence-electron chi connectivity index (χ4n) is 0.642. The van der Waals surface area contributed by atoms with Crippen molar-refractivity contribution in [3.8, 4) is 0 Å². The third kappa shape index (κ3) is 12.2. The van der Waals surface area contributed by atoms with E-state index in [9.17, 15) is 0 Å². The third-order valence-corrected chi connectivity index (χ3v) is 1.11. The van der Waals surface area contributed by atoms with Crippen LogP contribution in [0.25, 0.3) is 0 Å². The molecule has 0 saturated carbocycles. The van der Waals surface area contributed by atoms with Crippen molar-refractivity contribution < 1.29 is 37.5 Å². The Hall–Kier alpha value is 0.172. The zero-order valence-corrected chi connectivity index (χ0v) is 10.3. The molecule has 3 heteroatoms. The second-order valence-corrected chi connectivity index (χ2v) is 1.92. The average molecular weight is 329 g/mol. The van der Waals surface area contributed by atoms with Crippen LogP contribution >= 0.6 is 12.4 Å². The standard InChI is InChI=1S/2C5H5.ClH.Fe.Pd/c2*1-2-4-5-3-1;;;/h2*1-5H;1H;;/q-5;-1;;;. The Morgan fingerprint density at radius 3 is 1.15 bits per heavy atom. The van der Waals surface area contributed by atoms with Gasteiger partial charge in [-0.25, -0.2) is 12.1 Å². The van der Waals surface area contributed by atoms with Crippen molar-refractivity contribution in [2.24, 2.45) is 0 Å². The van der Waals surface area contributed by atoms with Crippen LogP contribution in [-0.4, -0.2) is 0 Å². The van der Waals surface area contributed by atoms with Gasteiger partial charge in [0.15, 0.2) is 0 Å². The van der Waals surface area contributed by atoms with Gasteiger partial charge in [-0.15, -0.1) is 12.4 Å². The van der Waals surface area contributed by atoms with E-state index in [0.29, 0.717) is 0 Å². The van der Waals surface area contributed by atoms with Crippen molar-refractivity contribution in [2.45, 2.75) is 0 Å². The summed E-state index contributed by atoms with van der Waals surface area (Å²) >= 11 is 0. The second kappa shape index (κ2) is 14.7. The zero-order valence-electron chi connectivity index (χ0n) is 6.85. The van der Waals surface area contributed by atoms with Gasteiger partial charge in [-0.05, 0) is 0 Å². The third-order valence-electron chi connectivity index (χ3n) is 1.11. The first-order valence-electron chi connectivity index (χ1n) is 3.33. The van der Waals surface area contributed by atoms with Gasteiger partial charge in [0.25, 0.3) is 0 Å². The summed E-state index contributed by atoms with van der Waals surface area (Å²) in [5, 5.41) is 0. The molecule has 0 aliphatic heterocycles. The van der Waals surface area contributed by atoms with E-state index in [1.54, 1.807) is 0 Å². The van der Waals surface area contributed by atoms with Gasteiger partial charge in [-0.3, -0.25) is 0 Å². The molecule has 0 heterocycles. The van der Waals surface area contributed by atoms with E-state index in [1.807, 2.05) is 60.7 Å². The summed E-state index contributed by atoms with van der Waals surface area (Å²) < 4.78 is 0. The summed E-state index contributed by atoms with van der Waals surface area (Å²) in [5.41, 5.74) is 0. The van der Waals surface area contributed by atoms with E-state index in [-0.39, 0.29) is 49.9 Å². The van der Waals surface area contributed by atoms with Crippen LogP contribution in [-0.2, 0) is 37.5 Å². The van der Waals surface area contributed by atoms with Gasteiger partial charge in [-0.2, -0.15) is 18.2 Å². The van der Waals surface area contributed by atoms with Gasteiger partial charge >= 0.3 is 0 Å². The largest absolute Gasteiger partial charge is 0.748 e. The Labute approximate surface area is 110 Å². The fourth-order valence-corrected chi connectivity index (χ4v) is 0.642. The molecule has 0 nitrogen and oxygen atoms in total. The van der Waals surface area contributed by atoms with E-state index in [2.05, 4.69) is 0 Å². The molecule has 0 N–H and O–H groups in total. The van der Waals surface area contributed by atoms with Crippen molar-refractivity contribution in [3.63, 3.8) is 0 Å². The van der Waals surface area contributed by atoms with Crippen molar-refractivity contribution in [1.29, 1.82) is 0 Å². The summed E-state index contributed by atoms with van der Waals surface area (Å²) in [6.45, 7) is 0. The van der Waals surface area contributed by atoms with Crippen molar-refractivity contribution in [3.05, 3.63) is 60.7 Å². The number of hydrogen-bond acceptors (Lipinski definition) is 0. The van der Waals surface area contributed by atoms with Gasteiger partial charge in [0.2, 0.25) is 0 Å². The van der Waals surface area contributed by atoms with Gasteiger partial charge in [-0.1, -0.05) is 0 Å². The fraction of sp³-hybridized carbons (Fsp3) is 0. The SMILES string of the molecule is Cl.[Fe].[Pd].[cH-]1[cH-][cH-][cH-][cH-]1.c1cc[cH-]c1. The Balaban J connectivity index is -0.000000125. The molecule has 2 rings (SSSR count). The molecule has 13 heavy (non-hydrogen) atoms. The van der Waals surface area contributed by atoms with Crippen molar-refractivity contribution >= 4 is 12.4 Å². The van der Waals surface area contributed by atoms with Crippen LogP contribution in [0.5, 0.6) is 0 Å². The maximum Gasteiger partial charge on any atom is 0 e. The molecule has 0 saturated heterocycles. The Morgan fingerprint density at radius 1 is 0.692 bits per heavy atom. The molecule has 0 radical (unpaired) electrons. The molecule has 0 aliphatic carbocycles. The zero-order chi connectivity index (χ0) is 7.07. The first-order valence-corrected chi connectivity index (χ1v) is 3.33. The first-order chi connectivity index (χ1) is 5.00. The minimum atomic E-state index is 0. The molecule has 82 valence electrons. The van der Waals surface area contributed by atoms with E-state index < -0.39 is 0 Å². The molecule has 0 aromatic heterocycles. The summed E-state index contributed by atoms with van der Waals surface area (Å²) in [4.78, 5) is 0. The minimum Gasteiger partial charge on any atom is -0.748 e. The topological polar surface area (TPSA) is 0 Å². The van der Waals surface area contributed by atoms with E-state index >= 15 is 0 Å². The van der Waals surface area contributed by atoms with E-state index in [1.165, 1.54) is 0 Å². The van der Waals surface area contributed by atoms with Crippen LogP contribution < -0.4 is 0 Å². The second-order valence-electron chi connectivity index (χ2n) is 1.92. The number of halogens is 1. The van der Waals surface area contributed by atoms with E-state index in [4.69, 9.17) is 0 Å². The van der Waals surface area contributed by atoms with Crippen molar-refractivity contribution in [1.82, 2.24) is 0 Å². The van der Waals surface area contributed by atoms with Crippen LogP contribution in [0.3, 0.4) is 0 Å². The molecule has 0 fully saturated rings. The monoisotopic (exact) mass is 328 g/mol. The molecule has 2 aromatic carbocycles. The van der Waals surface area contributed by atoms with Crippen LogP contribution in [0.2, 0.25) is 0 Å². The summed E-state index contributed by atoms with van der Waals surface area (Å²) in [5.74, 6) is 0. The van der Waals surface area contributed by atoms with Gasteiger partial charge in [0.05, 0.1) is 0 Å². The maximum absolute atomic E-state index is 2.00. The predicted octanol–water partition coefficient (Wildman–Crippen LogP) is 3.23. The molecule has 0 aliphatic rings. The smallest absolute Gasteiger partial charge is 0 e. The molecule has 0 bridgehead atoms. The van der Waals surface area contributed by atoms with Gasteiger partial charge < -0.3 is 30.3 Å². The number of hydrogen-bond donors (Lipinski definition) is 0. The molecule has 0 spiro atoms. The Bertz CT molecular complexity index is 154.